The third-order valence-electron chi connectivity index (χ3n) is 3.51. The monoisotopic (exact) mass is 248 g/mol. The van der Waals surface area contributed by atoms with Gasteiger partial charge in [-0.1, -0.05) is 12.1 Å². The molecule has 1 saturated heterocycles. The van der Waals surface area contributed by atoms with E-state index in [1.54, 1.807) is 7.11 Å². The summed E-state index contributed by atoms with van der Waals surface area (Å²) in [6.45, 7) is 5.90. The van der Waals surface area contributed by atoms with Crippen LogP contribution in [-0.2, 0) is 6.54 Å². The Morgan fingerprint density at radius 1 is 1.17 bits per heavy atom. The molecule has 0 radical (unpaired) electrons. The minimum absolute atomic E-state index is 0.924. The molecule has 0 atom stereocenters. The molecule has 18 heavy (non-hydrogen) atoms. The van der Waals surface area contributed by atoms with Crippen molar-refractivity contribution in [3.8, 4) is 5.75 Å². The number of nitrogens with one attached hydrogen (secondary N) is 1. The molecule has 0 spiro atoms. The van der Waals surface area contributed by atoms with E-state index in [0.29, 0.717) is 0 Å². The van der Waals surface area contributed by atoms with Gasteiger partial charge in [0.25, 0.3) is 0 Å². The second kappa shape index (κ2) is 7.39. The van der Waals surface area contributed by atoms with Crippen molar-refractivity contribution in [3.05, 3.63) is 29.8 Å². The lowest BCUT2D eigenvalue weighted by Crippen LogP contribution is -2.24. The van der Waals surface area contributed by atoms with Crippen molar-refractivity contribution in [1.82, 2.24) is 10.2 Å². The molecule has 1 fully saturated rings. The molecular formula is C15H24N2O. The average Bonchev–Trinajstić information content (AvgIpc) is 2.92. The lowest BCUT2D eigenvalue weighted by atomic mass is 10.2. The highest BCUT2D eigenvalue weighted by atomic mass is 16.5. The molecule has 1 aliphatic heterocycles. The van der Waals surface area contributed by atoms with E-state index in [4.69, 9.17) is 4.74 Å². The van der Waals surface area contributed by atoms with Crippen LogP contribution in [0.3, 0.4) is 0 Å². The van der Waals surface area contributed by atoms with Crippen molar-refractivity contribution in [2.24, 2.45) is 0 Å². The smallest absolute Gasteiger partial charge is 0.118 e. The van der Waals surface area contributed by atoms with Gasteiger partial charge in [-0.2, -0.15) is 0 Å². The van der Waals surface area contributed by atoms with Gasteiger partial charge in [-0.3, -0.25) is 0 Å². The first kappa shape index (κ1) is 13.4. The normalized spacial score (nSPS) is 16.1. The second-order valence-electron chi connectivity index (χ2n) is 4.93. The number of likely N-dealkylation sites (tertiary alicyclic amines) is 1. The van der Waals surface area contributed by atoms with Gasteiger partial charge in [0, 0.05) is 6.54 Å². The molecule has 1 aromatic carbocycles. The first-order chi connectivity index (χ1) is 8.88. The van der Waals surface area contributed by atoms with Gasteiger partial charge in [0.15, 0.2) is 0 Å². The number of nitrogens with zero attached hydrogens (tertiary/aromatic N) is 1. The first-order valence-corrected chi connectivity index (χ1v) is 6.94. The van der Waals surface area contributed by atoms with E-state index in [2.05, 4.69) is 22.3 Å². The van der Waals surface area contributed by atoms with Gasteiger partial charge in [0.2, 0.25) is 0 Å². The fraction of sp³-hybridized carbons (Fsp3) is 0.600. The number of benzene rings is 1. The van der Waals surface area contributed by atoms with Crippen LogP contribution in [0, 0.1) is 0 Å². The van der Waals surface area contributed by atoms with Gasteiger partial charge in [-0.05, 0) is 63.1 Å². The maximum Gasteiger partial charge on any atom is 0.118 e. The van der Waals surface area contributed by atoms with E-state index in [9.17, 15) is 0 Å². The van der Waals surface area contributed by atoms with Crippen LogP contribution in [0.1, 0.15) is 24.8 Å². The number of ether oxygens (including phenoxy) is 1. The van der Waals surface area contributed by atoms with Crippen molar-refractivity contribution in [2.75, 3.05) is 33.3 Å². The summed E-state index contributed by atoms with van der Waals surface area (Å²) < 4.78 is 5.14. The highest BCUT2D eigenvalue weighted by Gasteiger charge is 2.09. The molecule has 1 N–H and O–H groups in total. The molecule has 3 nitrogen and oxygen atoms in total. The Kier molecular flexibility index (Phi) is 5.49. The van der Waals surface area contributed by atoms with Gasteiger partial charge in [-0.15, -0.1) is 0 Å². The van der Waals surface area contributed by atoms with Crippen molar-refractivity contribution in [1.29, 1.82) is 0 Å². The molecule has 0 bridgehead atoms. The summed E-state index contributed by atoms with van der Waals surface area (Å²) in [5, 5.41) is 3.50. The summed E-state index contributed by atoms with van der Waals surface area (Å²) in [4.78, 5) is 2.56. The topological polar surface area (TPSA) is 24.5 Å². The van der Waals surface area contributed by atoms with E-state index in [0.717, 1.165) is 18.8 Å². The highest BCUT2D eigenvalue weighted by Crippen LogP contribution is 2.11. The molecule has 2 rings (SSSR count). The van der Waals surface area contributed by atoms with Crippen molar-refractivity contribution >= 4 is 0 Å². The second-order valence-corrected chi connectivity index (χ2v) is 4.93. The molecule has 0 aromatic heterocycles. The predicted octanol–water partition coefficient (Wildman–Crippen LogP) is 2.27. The molecular weight excluding hydrogens is 224 g/mol. The lowest BCUT2D eigenvalue weighted by molar-refractivity contribution is 0.331. The zero-order valence-electron chi connectivity index (χ0n) is 11.3. The van der Waals surface area contributed by atoms with Gasteiger partial charge in [-0.25, -0.2) is 0 Å². The van der Waals surface area contributed by atoms with Crippen molar-refractivity contribution in [3.63, 3.8) is 0 Å². The Labute approximate surface area is 110 Å². The third-order valence-corrected chi connectivity index (χ3v) is 3.51. The number of methoxy groups -OCH3 is 1. The van der Waals surface area contributed by atoms with E-state index < -0.39 is 0 Å². The van der Waals surface area contributed by atoms with E-state index in [1.165, 1.54) is 44.5 Å². The molecule has 1 heterocycles. The van der Waals surface area contributed by atoms with E-state index in [-0.39, 0.29) is 0 Å². The van der Waals surface area contributed by atoms with Gasteiger partial charge >= 0.3 is 0 Å². The van der Waals surface area contributed by atoms with E-state index >= 15 is 0 Å². The molecule has 1 aliphatic rings. The Bertz CT molecular complexity index is 331. The zero-order chi connectivity index (χ0) is 12.6. The lowest BCUT2D eigenvalue weighted by Gasteiger charge is -2.14. The largest absolute Gasteiger partial charge is 0.497 e. The zero-order valence-corrected chi connectivity index (χ0v) is 11.3. The fourth-order valence-corrected chi connectivity index (χ4v) is 2.41. The molecule has 0 amide bonds. The maximum atomic E-state index is 5.14. The minimum atomic E-state index is 0.924. The molecule has 1 aromatic rings. The van der Waals surface area contributed by atoms with Crippen molar-refractivity contribution < 1.29 is 4.74 Å². The van der Waals surface area contributed by atoms with Crippen LogP contribution in [-0.4, -0.2) is 38.2 Å². The standard InChI is InChI=1S/C15H24N2O/c1-18-15-7-5-14(6-8-15)13-16-9-4-12-17-10-2-3-11-17/h5-8,16H,2-4,9-13H2,1H3. The molecule has 0 saturated carbocycles. The summed E-state index contributed by atoms with van der Waals surface area (Å²) in [5.41, 5.74) is 1.32. The van der Waals surface area contributed by atoms with Gasteiger partial charge in [0.05, 0.1) is 7.11 Å². The number of hydrogen-bond acceptors (Lipinski definition) is 3. The fourth-order valence-electron chi connectivity index (χ4n) is 2.41. The van der Waals surface area contributed by atoms with Crippen LogP contribution in [0.15, 0.2) is 24.3 Å². The van der Waals surface area contributed by atoms with Crippen LogP contribution < -0.4 is 10.1 Å². The predicted molar refractivity (Wildman–Crippen MR) is 75.0 cm³/mol. The van der Waals surface area contributed by atoms with E-state index in [1.807, 2.05) is 12.1 Å². The maximum absolute atomic E-state index is 5.14. The molecule has 3 heteroatoms. The summed E-state index contributed by atoms with van der Waals surface area (Å²) in [5.74, 6) is 0.924. The average molecular weight is 248 g/mol. The van der Waals surface area contributed by atoms with Gasteiger partial charge in [0.1, 0.15) is 5.75 Å². The summed E-state index contributed by atoms with van der Waals surface area (Å²) in [6, 6.07) is 8.26. The number of hydrogen-bond donors (Lipinski definition) is 1. The summed E-state index contributed by atoms with van der Waals surface area (Å²) >= 11 is 0. The quantitative estimate of drug-likeness (QED) is 0.749. The molecule has 0 aliphatic carbocycles. The molecule has 0 unspecified atom stereocenters. The van der Waals surface area contributed by atoms with Crippen LogP contribution in [0.5, 0.6) is 5.75 Å². The first-order valence-electron chi connectivity index (χ1n) is 6.94. The van der Waals surface area contributed by atoms with Crippen LogP contribution in [0.25, 0.3) is 0 Å². The third kappa shape index (κ3) is 4.31. The highest BCUT2D eigenvalue weighted by molar-refractivity contribution is 5.26. The Balaban J connectivity index is 1.56. The minimum Gasteiger partial charge on any atom is -0.497 e. The SMILES string of the molecule is COc1ccc(CNCCCN2CCCC2)cc1. The van der Waals surface area contributed by atoms with Crippen LogP contribution in [0.4, 0.5) is 0 Å². The Morgan fingerprint density at radius 3 is 2.56 bits per heavy atom. The number of rotatable bonds is 7. The van der Waals surface area contributed by atoms with Gasteiger partial charge < -0.3 is 15.0 Å². The summed E-state index contributed by atoms with van der Waals surface area (Å²) in [6.07, 6.45) is 4.02. The Morgan fingerprint density at radius 2 is 1.89 bits per heavy atom. The van der Waals surface area contributed by atoms with Crippen molar-refractivity contribution in [2.45, 2.75) is 25.8 Å². The van der Waals surface area contributed by atoms with Crippen LogP contribution >= 0.6 is 0 Å². The Hall–Kier alpha value is -1.06. The van der Waals surface area contributed by atoms with Crippen LogP contribution in [0.2, 0.25) is 0 Å². The summed E-state index contributed by atoms with van der Waals surface area (Å²) in [7, 11) is 1.70. The molecule has 100 valence electrons.